The molecule has 0 atom stereocenters. The molecule has 0 saturated heterocycles. The number of rotatable bonds is 2. The highest BCUT2D eigenvalue weighted by atomic mass is 79.9. The van der Waals surface area contributed by atoms with Gasteiger partial charge in [0.2, 0.25) is 5.96 Å². The summed E-state index contributed by atoms with van der Waals surface area (Å²) in [6.45, 7) is 0. The predicted molar refractivity (Wildman–Crippen MR) is 56.9 cm³/mol. The van der Waals surface area contributed by atoms with Crippen molar-refractivity contribution in [3.63, 3.8) is 0 Å². The Labute approximate surface area is 89.7 Å². The minimum absolute atomic E-state index is 0.0675. The maximum atomic E-state index is 8.42. The van der Waals surface area contributed by atoms with E-state index in [0.717, 1.165) is 4.47 Å². The molecule has 0 saturated carbocycles. The van der Waals surface area contributed by atoms with Gasteiger partial charge in [0, 0.05) is 0 Å². The summed E-state index contributed by atoms with van der Waals surface area (Å²) < 4.78 is 5.81. The van der Waals surface area contributed by atoms with Crippen LogP contribution in [0.1, 0.15) is 0 Å². The Balaban J connectivity index is 2.97. The van der Waals surface area contributed by atoms with Gasteiger partial charge in [0.05, 0.1) is 17.3 Å². The number of guanidine groups is 1. The molecule has 0 amide bonds. The first-order chi connectivity index (χ1) is 6.67. The maximum absolute atomic E-state index is 8.42. The molecule has 0 aliphatic carbocycles. The van der Waals surface area contributed by atoms with Crippen molar-refractivity contribution >= 4 is 27.6 Å². The van der Waals surface area contributed by atoms with Crippen molar-refractivity contribution in [3.8, 4) is 5.75 Å². The molecule has 0 fully saturated rings. The van der Waals surface area contributed by atoms with Crippen LogP contribution in [0.15, 0.2) is 27.7 Å². The Morgan fingerprint density at radius 1 is 1.64 bits per heavy atom. The highest BCUT2D eigenvalue weighted by molar-refractivity contribution is 9.10. The molecular formula is C8H10BrN3O2. The quantitative estimate of drug-likeness (QED) is 0.426. The normalized spacial score (nSPS) is 11.2. The van der Waals surface area contributed by atoms with Crippen molar-refractivity contribution in [2.45, 2.75) is 0 Å². The second kappa shape index (κ2) is 4.83. The maximum Gasteiger partial charge on any atom is 0.218 e. The molecule has 1 aromatic rings. The fraction of sp³-hybridized carbons (Fsp3) is 0.125. The average molecular weight is 260 g/mol. The Hall–Kier alpha value is -1.27. The van der Waals surface area contributed by atoms with Crippen LogP contribution in [0.25, 0.3) is 0 Å². The van der Waals surface area contributed by atoms with Gasteiger partial charge >= 0.3 is 0 Å². The number of ether oxygens (including phenoxy) is 1. The summed E-state index contributed by atoms with van der Waals surface area (Å²) in [7, 11) is 1.58. The topological polar surface area (TPSA) is 79.9 Å². The average Bonchev–Trinajstić information content (AvgIpc) is 2.18. The number of nitrogens with zero attached hydrogens (tertiary/aromatic N) is 1. The summed E-state index contributed by atoms with van der Waals surface area (Å²) in [5.74, 6) is 0.640. The molecule has 0 bridgehead atoms. The molecule has 76 valence electrons. The van der Waals surface area contributed by atoms with Gasteiger partial charge in [-0.15, -0.1) is 0 Å². The summed E-state index contributed by atoms with van der Waals surface area (Å²) in [4.78, 5) is 3.86. The monoisotopic (exact) mass is 259 g/mol. The molecule has 1 aromatic carbocycles. The molecule has 0 spiro atoms. The van der Waals surface area contributed by atoms with E-state index in [4.69, 9.17) is 15.7 Å². The van der Waals surface area contributed by atoms with Crippen molar-refractivity contribution in [2.75, 3.05) is 7.11 Å². The summed E-state index contributed by atoms with van der Waals surface area (Å²) in [5.41, 5.74) is 7.62. The molecule has 0 radical (unpaired) electrons. The number of methoxy groups -OCH3 is 1. The van der Waals surface area contributed by atoms with Gasteiger partial charge < -0.3 is 10.5 Å². The van der Waals surface area contributed by atoms with Gasteiger partial charge in [-0.3, -0.25) is 5.21 Å². The molecular weight excluding hydrogens is 250 g/mol. The molecule has 5 nitrogen and oxygen atoms in total. The second-order valence-electron chi connectivity index (χ2n) is 2.43. The highest BCUT2D eigenvalue weighted by Crippen LogP contribution is 2.28. The summed E-state index contributed by atoms with van der Waals surface area (Å²) in [5, 5.41) is 8.42. The lowest BCUT2D eigenvalue weighted by Crippen LogP contribution is -2.27. The van der Waals surface area contributed by atoms with Crippen LogP contribution in [0.2, 0.25) is 0 Å². The van der Waals surface area contributed by atoms with Crippen molar-refractivity contribution in [2.24, 2.45) is 10.7 Å². The standard InChI is InChI=1S/C8H10BrN3O2/c1-14-7-3-2-5(4-6(7)9)11-8(10)12-13/h2-4,13H,1H3,(H3,10,11,12). The summed E-state index contributed by atoms with van der Waals surface area (Å²) >= 11 is 3.30. The Morgan fingerprint density at radius 2 is 2.36 bits per heavy atom. The molecule has 6 heteroatoms. The third-order valence-corrected chi connectivity index (χ3v) is 2.12. The summed E-state index contributed by atoms with van der Waals surface area (Å²) in [6, 6.07) is 5.18. The molecule has 14 heavy (non-hydrogen) atoms. The molecule has 0 aliphatic heterocycles. The number of benzene rings is 1. The smallest absolute Gasteiger partial charge is 0.218 e. The summed E-state index contributed by atoms with van der Waals surface area (Å²) in [6.07, 6.45) is 0. The van der Waals surface area contributed by atoms with Gasteiger partial charge in [0.1, 0.15) is 5.75 Å². The van der Waals surface area contributed by atoms with E-state index in [-0.39, 0.29) is 5.96 Å². The Bertz CT molecular complexity index is 354. The number of hydroxylamine groups is 1. The number of hydrogen-bond donors (Lipinski definition) is 3. The SMILES string of the molecule is COc1ccc(N=C(N)NO)cc1Br. The largest absolute Gasteiger partial charge is 0.496 e. The van der Waals surface area contributed by atoms with E-state index in [1.165, 1.54) is 0 Å². The van der Waals surface area contributed by atoms with Gasteiger partial charge in [-0.2, -0.15) is 0 Å². The fourth-order valence-corrected chi connectivity index (χ4v) is 1.42. The number of nitrogens with one attached hydrogen (secondary N) is 1. The van der Waals surface area contributed by atoms with Crippen molar-refractivity contribution in [1.29, 1.82) is 0 Å². The van der Waals surface area contributed by atoms with Crippen LogP contribution < -0.4 is 16.0 Å². The number of halogens is 1. The molecule has 4 N–H and O–H groups in total. The zero-order valence-corrected chi connectivity index (χ0v) is 9.08. The first-order valence-electron chi connectivity index (χ1n) is 3.75. The Morgan fingerprint density at radius 3 is 2.86 bits per heavy atom. The number of aliphatic imine (C=N–C) groups is 1. The van der Waals surface area contributed by atoms with Crippen LogP contribution >= 0.6 is 15.9 Å². The lowest BCUT2D eigenvalue weighted by molar-refractivity contribution is 0.233. The van der Waals surface area contributed by atoms with E-state index in [2.05, 4.69) is 20.9 Å². The highest BCUT2D eigenvalue weighted by Gasteiger charge is 2.00. The lowest BCUT2D eigenvalue weighted by Gasteiger charge is -2.03. The van der Waals surface area contributed by atoms with Crippen molar-refractivity contribution in [1.82, 2.24) is 5.48 Å². The zero-order chi connectivity index (χ0) is 10.6. The van der Waals surface area contributed by atoms with Crippen LogP contribution in [0, 0.1) is 0 Å². The zero-order valence-electron chi connectivity index (χ0n) is 7.49. The predicted octanol–water partition coefficient (Wildman–Crippen LogP) is 1.38. The van der Waals surface area contributed by atoms with Gasteiger partial charge in [-0.1, -0.05) is 0 Å². The first kappa shape index (κ1) is 10.8. The molecule has 0 aliphatic rings. The minimum atomic E-state index is -0.0675. The molecule has 0 unspecified atom stereocenters. The molecule has 1 rings (SSSR count). The number of nitrogens with two attached hydrogens (primary N) is 1. The van der Waals surface area contributed by atoms with E-state index in [1.807, 2.05) is 0 Å². The van der Waals surface area contributed by atoms with E-state index in [0.29, 0.717) is 11.4 Å². The van der Waals surface area contributed by atoms with Crippen LogP contribution in [-0.2, 0) is 0 Å². The van der Waals surface area contributed by atoms with Gasteiger partial charge in [0.25, 0.3) is 0 Å². The minimum Gasteiger partial charge on any atom is -0.496 e. The van der Waals surface area contributed by atoms with Gasteiger partial charge in [0.15, 0.2) is 0 Å². The van der Waals surface area contributed by atoms with E-state index >= 15 is 0 Å². The third kappa shape index (κ3) is 2.61. The third-order valence-electron chi connectivity index (χ3n) is 1.50. The van der Waals surface area contributed by atoms with Crippen molar-refractivity contribution < 1.29 is 9.94 Å². The second-order valence-corrected chi connectivity index (χ2v) is 3.28. The van der Waals surface area contributed by atoms with Crippen LogP contribution in [0.4, 0.5) is 5.69 Å². The van der Waals surface area contributed by atoms with Crippen LogP contribution in [0.5, 0.6) is 5.75 Å². The van der Waals surface area contributed by atoms with E-state index < -0.39 is 0 Å². The van der Waals surface area contributed by atoms with E-state index in [9.17, 15) is 0 Å². The van der Waals surface area contributed by atoms with Crippen molar-refractivity contribution in [3.05, 3.63) is 22.7 Å². The molecule has 0 heterocycles. The van der Waals surface area contributed by atoms with Crippen LogP contribution in [0.3, 0.4) is 0 Å². The molecule has 0 aromatic heterocycles. The van der Waals surface area contributed by atoms with Gasteiger partial charge in [-0.25, -0.2) is 10.5 Å². The number of hydrogen-bond acceptors (Lipinski definition) is 3. The fourth-order valence-electron chi connectivity index (χ4n) is 0.889. The Kier molecular flexibility index (Phi) is 3.73. The first-order valence-corrected chi connectivity index (χ1v) is 4.54. The van der Waals surface area contributed by atoms with Crippen LogP contribution in [-0.4, -0.2) is 18.3 Å². The lowest BCUT2D eigenvalue weighted by atomic mass is 10.3. The van der Waals surface area contributed by atoms with Gasteiger partial charge in [-0.05, 0) is 34.1 Å². The van der Waals surface area contributed by atoms with E-state index in [1.54, 1.807) is 30.8 Å².